The fourth-order valence-corrected chi connectivity index (χ4v) is 3.12. The smallest absolute Gasteiger partial charge is 0.389 e. The molecule has 2 aliphatic carbocycles. The zero-order valence-corrected chi connectivity index (χ0v) is 8.63. The largest absolute Gasteiger partial charge is 0.393 e. The number of hydrogen-bond acceptors (Lipinski definition) is 1. The second kappa shape index (κ2) is 3.96. The van der Waals surface area contributed by atoms with E-state index in [1.807, 2.05) is 0 Å². The lowest BCUT2D eigenvalue weighted by Gasteiger charge is -2.11. The summed E-state index contributed by atoms with van der Waals surface area (Å²) in [5.74, 6) is 1.24. The summed E-state index contributed by atoms with van der Waals surface area (Å²) in [6.07, 6.45) is -1.21. The van der Waals surface area contributed by atoms with Crippen molar-refractivity contribution < 1.29 is 18.3 Å². The molecule has 88 valence electrons. The summed E-state index contributed by atoms with van der Waals surface area (Å²) in [7, 11) is 0. The van der Waals surface area contributed by atoms with E-state index in [4.69, 9.17) is 0 Å². The molecule has 0 aromatic heterocycles. The molecule has 0 bridgehead atoms. The molecule has 3 unspecified atom stereocenters. The Kier molecular flexibility index (Phi) is 2.97. The third-order valence-corrected chi connectivity index (χ3v) is 3.89. The number of fused-ring (bicyclic) bond motifs is 1. The minimum atomic E-state index is -4.12. The van der Waals surface area contributed by atoms with E-state index in [-0.39, 0.29) is 12.3 Å². The fourth-order valence-electron chi connectivity index (χ4n) is 3.12. The molecule has 0 aliphatic heterocycles. The Morgan fingerprint density at radius 3 is 2.13 bits per heavy atom. The van der Waals surface area contributed by atoms with E-state index in [0.717, 1.165) is 12.8 Å². The van der Waals surface area contributed by atoms with Crippen molar-refractivity contribution in [3.05, 3.63) is 0 Å². The van der Waals surface area contributed by atoms with Crippen LogP contribution in [0.25, 0.3) is 0 Å². The van der Waals surface area contributed by atoms with Crippen LogP contribution in [0.3, 0.4) is 0 Å². The van der Waals surface area contributed by atoms with E-state index < -0.39 is 18.7 Å². The molecular formula is C11H17F3O. The summed E-state index contributed by atoms with van der Waals surface area (Å²) < 4.78 is 35.9. The zero-order chi connectivity index (χ0) is 11.1. The second-order valence-electron chi connectivity index (χ2n) is 4.91. The zero-order valence-electron chi connectivity index (χ0n) is 8.63. The van der Waals surface area contributed by atoms with Crippen LogP contribution in [-0.2, 0) is 0 Å². The van der Waals surface area contributed by atoms with Gasteiger partial charge in [-0.3, -0.25) is 0 Å². The van der Waals surface area contributed by atoms with Crippen LogP contribution in [-0.4, -0.2) is 17.4 Å². The lowest BCUT2D eigenvalue weighted by Crippen LogP contribution is -2.17. The van der Waals surface area contributed by atoms with Gasteiger partial charge in [-0.1, -0.05) is 12.8 Å². The number of aliphatic hydroxyl groups is 1. The lowest BCUT2D eigenvalue weighted by atomic mass is 10.0. The molecule has 0 amide bonds. The highest BCUT2D eigenvalue weighted by Crippen LogP contribution is 2.57. The third-order valence-electron chi connectivity index (χ3n) is 3.89. The Morgan fingerprint density at radius 1 is 1.13 bits per heavy atom. The van der Waals surface area contributed by atoms with E-state index >= 15 is 0 Å². The highest BCUT2D eigenvalue weighted by Gasteiger charge is 2.53. The third kappa shape index (κ3) is 2.65. The normalized spacial score (nSPS) is 37.2. The molecule has 15 heavy (non-hydrogen) atoms. The van der Waals surface area contributed by atoms with Crippen LogP contribution < -0.4 is 0 Å². The number of halogens is 3. The highest BCUT2D eigenvalue weighted by atomic mass is 19.4. The van der Waals surface area contributed by atoms with Gasteiger partial charge in [0.25, 0.3) is 0 Å². The van der Waals surface area contributed by atoms with Crippen LogP contribution in [0.4, 0.5) is 13.2 Å². The van der Waals surface area contributed by atoms with Gasteiger partial charge in [0.1, 0.15) is 0 Å². The van der Waals surface area contributed by atoms with Crippen molar-refractivity contribution in [2.45, 2.75) is 50.8 Å². The van der Waals surface area contributed by atoms with Gasteiger partial charge < -0.3 is 5.11 Å². The molecule has 2 rings (SSSR count). The van der Waals surface area contributed by atoms with Crippen LogP contribution in [0.1, 0.15) is 38.5 Å². The molecule has 2 aliphatic rings. The molecule has 3 atom stereocenters. The first-order valence-electron chi connectivity index (χ1n) is 5.74. The van der Waals surface area contributed by atoms with Gasteiger partial charge in [0.05, 0.1) is 6.10 Å². The average molecular weight is 222 g/mol. The van der Waals surface area contributed by atoms with Gasteiger partial charge in [0.2, 0.25) is 0 Å². The Balaban J connectivity index is 1.75. The molecule has 2 saturated carbocycles. The van der Waals surface area contributed by atoms with Gasteiger partial charge in [0, 0.05) is 6.42 Å². The Hall–Kier alpha value is -0.250. The van der Waals surface area contributed by atoms with Gasteiger partial charge in [-0.05, 0) is 37.0 Å². The molecule has 0 aromatic rings. The topological polar surface area (TPSA) is 20.2 Å². The summed E-state index contributed by atoms with van der Waals surface area (Å²) in [6.45, 7) is 0. The molecule has 1 N–H and O–H groups in total. The summed E-state index contributed by atoms with van der Waals surface area (Å²) in [5.41, 5.74) is 0. The van der Waals surface area contributed by atoms with E-state index in [1.165, 1.54) is 12.8 Å². The van der Waals surface area contributed by atoms with Gasteiger partial charge in [-0.2, -0.15) is 13.2 Å². The standard InChI is InChI=1S/C11H17F3O/c12-11(13,14)6-5-9(15)10-7-3-1-2-4-8(7)10/h7-10,15H,1-6H2. The highest BCUT2D eigenvalue weighted by molar-refractivity contribution is 5.02. The minimum Gasteiger partial charge on any atom is -0.393 e. The number of rotatable bonds is 3. The maximum Gasteiger partial charge on any atom is 0.389 e. The Bertz CT molecular complexity index is 214. The number of aliphatic hydroxyl groups excluding tert-OH is 1. The molecule has 2 fully saturated rings. The van der Waals surface area contributed by atoms with Crippen molar-refractivity contribution in [1.82, 2.24) is 0 Å². The maximum atomic E-state index is 12.0. The van der Waals surface area contributed by atoms with E-state index in [9.17, 15) is 18.3 Å². The van der Waals surface area contributed by atoms with Gasteiger partial charge >= 0.3 is 6.18 Å². The van der Waals surface area contributed by atoms with E-state index in [1.54, 1.807) is 0 Å². The Morgan fingerprint density at radius 2 is 1.67 bits per heavy atom. The predicted octanol–water partition coefficient (Wildman–Crippen LogP) is 3.13. The van der Waals surface area contributed by atoms with Crippen LogP contribution in [0.5, 0.6) is 0 Å². The van der Waals surface area contributed by atoms with Crippen LogP contribution in [0.2, 0.25) is 0 Å². The summed E-state index contributed by atoms with van der Waals surface area (Å²) in [4.78, 5) is 0. The first-order valence-corrected chi connectivity index (χ1v) is 5.74. The van der Waals surface area contributed by atoms with Crippen LogP contribution in [0, 0.1) is 17.8 Å². The van der Waals surface area contributed by atoms with Crippen LogP contribution >= 0.6 is 0 Å². The van der Waals surface area contributed by atoms with Gasteiger partial charge in [-0.15, -0.1) is 0 Å². The molecule has 0 saturated heterocycles. The quantitative estimate of drug-likeness (QED) is 0.777. The molecule has 0 heterocycles. The van der Waals surface area contributed by atoms with Crippen molar-refractivity contribution in [1.29, 1.82) is 0 Å². The summed E-state index contributed by atoms with van der Waals surface area (Å²) >= 11 is 0. The van der Waals surface area contributed by atoms with E-state index in [0.29, 0.717) is 11.8 Å². The Labute approximate surface area is 87.7 Å². The minimum absolute atomic E-state index is 0.110. The fraction of sp³-hybridized carbons (Fsp3) is 1.00. The molecule has 0 spiro atoms. The first-order chi connectivity index (χ1) is 6.99. The number of hydrogen-bond donors (Lipinski definition) is 1. The monoisotopic (exact) mass is 222 g/mol. The van der Waals surface area contributed by atoms with Crippen molar-refractivity contribution in [2.24, 2.45) is 17.8 Å². The summed E-state index contributed by atoms with van der Waals surface area (Å²) in [6, 6.07) is 0. The van der Waals surface area contributed by atoms with Crippen molar-refractivity contribution in [3.63, 3.8) is 0 Å². The van der Waals surface area contributed by atoms with Gasteiger partial charge in [0.15, 0.2) is 0 Å². The van der Waals surface area contributed by atoms with Gasteiger partial charge in [-0.25, -0.2) is 0 Å². The first kappa shape index (κ1) is 11.2. The molecule has 4 heteroatoms. The molecular weight excluding hydrogens is 205 g/mol. The number of alkyl halides is 3. The average Bonchev–Trinajstić information content (AvgIpc) is 2.87. The second-order valence-corrected chi connectivity index (χ2v) is 4.91. The summed E-state index contributed by atoms with van der Waals surface area (Å²) in [5, 5.41) is 9.68. The molecule has 1 nitrogen and oxygen atoms in total. The lowest BCUT2D eigenvalue weighted by molar-refractivity contribution is -0.140. The van der Waals surface area contributed by atoms with Crippen molar-refractivity contribution >= 4 is 0 Å². The molecule has 0 radical (unpaired) electrons. The van der Waals surface area contributed by atoms with E-state index in [2.05, 4.69) is 0 Å². The van der Waals surface area contributed by atoms with Crippen LogP contribution in [0.15, 0.2) is 0 Å². The maximum absolute atomic E-state index is 12.0. The predicted molar refractivity (Wildman–Crippen MR) is 50.2 cm³/mol. The van der Waals surface area contributed by atoms with Crippen molar-refractivity contribution in [2.75, 3.05) is 0 Å². The van der Waals surface area contributed by atoms with Crippen molar-refractivity contribution in [3.8, 4) is 0 Å². The SMILES string of the molecule is OC(CCC(F)(F)F)C1C2CCCCC21. The molecule has 0 aromatic carbocycles.